The Morgan fingerprint density at radius 2 is 1.95 bits per heavy atom. The van der Waals surface area contributed by atoms with Crippen LogP contribution < -0.4 is 10.6 Å². The molecule has 1 aliphatic heterocycles. The third kappa shape index (κ3) is 3.25. The maximum atomic E-state index is 14.1. The predicted molar refractivity (Wildman–Crippen MR) is 75.6 cm³/mol. The molecule has 0 radical (unpaired) electrons. The first-order chi connectivity index (χ1) is 8.99. The molecular formula is C15H23FN2O. The number of benzene rings is 1. The molecule has 4 heteroatoms. The zero-order valence-electron chi connectivity index (χ0n) is 11.6. The van der Waals surface area contributed by atoms with Gasteiger partial charge in [-0.1, -0.05) is 6.07 Å². The Hall–Kier alpha value is -1.13. The highest BCUT2D eigenvalue weighted by Crippen LogP contribution is 2.28. The Balaban J connectivity index is 2.07. The zero-order valence-corrected chi connectivity index (χ0v) is 11.6. The minimum absolute atomic E-state index is 0.149. The van der Waals surface area contributed by atoms with Crippen LogP contribution in [0.4, 0.5) is 10.1 Å². The molecular weight excluding hydrogens is 243 g/mol. The maximum absolute atomic E-state index is 14.1. The van der Waals surface area contributed by atoms with Crippen LogP contribution in [0.1, 0.15) is 38.3 Å². The van der Waals surface area contributed by atoms with Crippen molar-refractivity contribution in [3.05, 3.63) is 29.6 Å². The molecule has 2 rings (SSSR count). The quantitative estimate of drug-likeness (QED) is 0.883. The molecule has 3 N–H and O–H groups in total. The molecule has 106 valence electrons. The van der Waals surface area contributed by atoms with Crippen molar-refractivity contribution in [1.29, 1.82) is 0 Å². The molecule has 1 aromatic carbocycles. The van der Waals surface area contributed by atoms with Gasteiger partial charge in [-0.05, 0) is 50.3 Å². The second-order valence-electron chi connectivity index (χ2n) is 5.56. The molecule has 0 amide bonds. The van der Waals surface area contributed by atoms with Gasteiger partial charge in [-0.2, -0.15) is 0 Å². The number of aliphatic hydroxyl groups is 1. The number of piperidine rings is 1. The van der Waals surface area contributed by atoms with E-state index in [1.165, 1.54) is 6.07 Å². The summed E-state index contributed by atoms with van der Waals surface area (Å²) < 4.78 is 14.1. The molecule has 3 nitrogen and oxygen atoms in total. The Morgan fingerprint density at radius 1 is 1.32 bits per heavy atom. The lowest BCUT2D eigenvalue weighted by molar-refractivity contribution is 0.110. The standard InChI is InChI=1S/C15H23FN2O/c1-10(17)13-3-4-15(14(16)9-13)18-7-5-12(6-8-18)11(2)19/h3-4,9-12,19H,5-8,17H2,1-2H3/t10-,11?/m1/s1. The first kappa shape index (κ1) is 14.3. The van der Waals surface area contributed by atoms with Crippen LogP contribution in [0.3, 0.4) is 0 Å². The first-order valence-corrected chi connectivity index (χ1v) is 6.97. The van der Waals surface area contributed by atoms with Gasteiger partial charge in [-0.3, -0.25) is 0 Å². The summed E-state index contributed by atoms with van der Waals surface area (Å²) in [4.78, 5) is 2.05. The van der Waals surface area contributed by atoms with Crippen LogP contribution in [-0.2, 0) is 0 Å². The van der Waals surface area contributed by atoms with Crippen molar-refractivity contribution in [3.8, 4) is 0 Å². The molecule has 1 saturated heterocycles. The number of anilines is 1. The molecule has 1 fully saturated rings. The van der Waals surface area contributed by atoms with Gasteiger partial charge in [0.2, 0.25) is 0 Å². The van der Waals surface area contributed by atoms with Crippen LogP contribution in [0, 0.1) is 11.7 Å². The van der Waals surface area contributed by atoms with Crippen LogP contribution in [-0.4, -0.2) is 24.3 Å². The lowest BCUT2D eigenvalue weighted by atomic mass is 9.92. The lowest BCUT2D eigenvalue weighted by Crippen LogP contribution is -2.37. The number of hydrogen-bond acceptors (Lipinski definition) is 3. The Morgan fingerprint density at radius 3 is 2.42 bits per heavy atom. The van der Waals surface area contributed by atoms with E-state index in [4.69, 9.17) is 5.73 Å². The monoisotopic (exact) mass is 266 g/mol. The minimum Gasteiger partial charge on any atom is -0.393 e. The predicted octanol–water partition coefficient (Wildman–Crippen LogP) is 2.44. The van der Waals surface area contributed by atoms with E-state index in [0.717, 1.165) is 31.5 Å². The minimum atomic E-state index is -0.271. The average molecular weight is 266 g/mol. The van der Waals surface area contributed by atoms with E-state index in [1.807, 2.05) is 26.0 Å². The topological polar surface area (TPSA) is 49.5 Å². The van der Waals surface area contributed by atoms with Crippen LogP contribution in [0.15, 0.2) is 18.2 Å². The number of nitrogens with zero attached hydrogens (tertiary/aromatic N) is 1. The molecule has 0 bridgehead atoms. The molecule has 0 aromatic heterocycles. The van der Waals surface area contributed by atoms with E-state index in [2.05, 4.69) is 4.90 Å². The number of halogens is 1. The highest BCUT2D eigenvalue weighted by atomic mass is 19.1. The van der Waals surface area contributed by atoms with Gasteiger partial charge < -0.3 is 15.7 Å². The Bertz CT molecular complexity index is 426. The average Bonchev–Trinajstić information content (AvgIpc) is 2.38. The van der Waals surface area contributed by atoms with E-state index in [9.17, 15) is 9.50 Å². The fraction of sp³-hybridized carbons (Fsp3) is 0.600. The first-order valence-electron chi connectivity index (χ1n) is 6.97. The van der Waals surface area contributed by atoms with Gasteiger partial charge in [0.1, 0.15) is 5.82 Å². The second kappa shape index (κ2) is 5.88. The smallest absolute Gasteiger partial charge is 0.146 e. The third-order valence-electron chi connectivity index (χ3n) is 4.06. The van der Waals surface area contributed by atoms with E-state index >= 15 is 0 Å². The van der Waals surface area contributed by atoms with Crippen molar-refractivity contribution < 1.29 is 9.50 Å². The zero-order chi connectivity index (χ0) is 14.0. The van der Waals surface area contributed by atoms with Crippen LogP contribution in [0.25, 0.3) is 0 Å². The van der Waals surface area contributed by atoms with Gasteiger partial charge in [-0.15, -0.1) is 0 Å². The van der Waals surface area contributed by atoms with Gasteiger partial charge in [0.05, 0.1) is 11.8 Å². The van der Waals surface area contributed by atoms with Gasteiger partial charge in [0, 0.05) is 19.1 Å². The molecule has 1 heterocycles. The molecule has 1 unspecified atom stereocenters. The number of nitrogens with two attached hydrogens (primary N) is 1. The largest absolute Gasteiger partial charge is 0.393 e. The van der Waals surface area contributed by atoms with E-state index in [0.29, 0.717) is 11.6 Å². The summed E-state index contributed by atoms with van der Waals surface area (Å²) in [5.41, 5.74) is 7.22. The molecule has 0 spiro atoms. The summed E-state index contributed by atoms with van der Waals surface area (Å²) in [5.74, 6) is 0.132. The summed E-state index contributed by atoms with van der Waals surface area (Å²) in [6.45, 7) is 5.27. The number of hydrogen-bond donors (Lipinski definition) is 2. The van der Waals surface area contributed by atoms with Gasteiger partial charge in [0.25, 0.3) is 0 Å². The summed E-state index contributed by atoms with van der Waals surface area (Å²) in [6, 6.07) is 5.09. The van der Waals surface area contributed by atoms with Gasteiger partial charge in [0.15, 0.2) is 0 Å². The van der Waals surface area contributed by atoms with Crippen LogP contribution in [0.5, 0.6) is 0 Å². The fourth-order valence-electron chi connectivity index (χ4n) is 2.69. The molecule has 0 aliphatic carbocycles. The molecule has 0 saturated carbocycles. The number of rotatable bonds is 3. The highest BCUT2D eigenvalue weighted by molar-refractivity contribution is 5.50. The van der Waals surface area contributed by atoms with Gasteiger partial charge >= 0.3 is 0 Å². The normalized spacial score (nSPS) is 20.4. The summed E-state index contributed by atoms with van der Waals surface area (Å²) in [6.07, 6.45) is 1.55. The summed E-state index contributed by atoms with van der Waals surface area (Å²) in [5, 5.41) is 9.58. The van der Waals surface area contributed by atoms with E-state index in [1.54, 1.807) is 0 Å². The highest BCUT2D eigenvalue weighted by Gasteiger charge is 2.24. The third-order valence-corrected chi connectivity index (χ3v) is 4.06. The molecule has 19 heavy (non-hydrogen) atoms. The molecule has 1 aromatic rings. The SMILES string of the molecule is CC(O)C1CCN(c2ccc([C@@H](C)N)cc2F)CC1. The van der Waals surface area contributed by atoms with Crippen molar-refractivity contribution in [2.75, 3.05) is 18.0 Å². The Kier molecular flexibility index (Phi) is 4.42. The lowest BCUT2D eigenvalue weighted by Gasteiger charge is -2.35. The van der Waals surface area contributed by atoms with Crippen molar-refractivity contribution in [3.63, 3.8) is 0 Å². The van der Waals surface area contributed by atoms with E-state index < -0.39 is 0 Å². The van der Waals surface area contributed by atoms with Crippen molar-refractivity contribution in [2.24, 2.45) is 11.7 Å². The van der Waals surface area contributed by atoms with Crippen LogP contribution >= 0.6 is 0 Å². The number of aliphatic hydroxyl groups excluding tert-OH is 1. The van der Waals surface area contributed by atoms with Crippen molar-refractivity contribution in [2.45, 2.75) is 38.8 Å². The Labute approximate surface area is 114 Å². The molecule has 2 atom stereocenters. The van der Waals surface area contributed by atoms with Crippen LogP contribution in [0.2, 0.25) is 0 Å². The van der Waals surface area contributed by atoms with Crippen molar-refractivity contribution in [1.82, 2.24) is 0 Å². The fourth-order valence-corrected chi connectivity index (χ4v) is 2.69. The van der Waals surface area contributed by atoms with Crippen molar-refractivity contribution >= 4 is 5.69 Å². The summed E-state index contributed by atoms with van der Waals surface area (Å²) >= 11 is 0. The second-order valence-corrected chi connectivity index (χ2v) is 5.56. The summed E-state index contributed by atoms with van der Waals surface area (Å²) in [7, 11) is 0. The van der Waals surface area contributed by atoms with Gasteiger partial charge in [-0.25, -0.2) is 4.39 Å². The molecule has 1 aliphatic rings. The van der Waals surface area contributed by atoms with E-state index in [-0.39, 0.29) is 18.0 Å². The maximum Gasteiger partial charge on any atom is 0.146 e.